The summed E-state index contributed by atoms with van der Waals surface area (Å²) in [5.41, 5.74) is 0.128. The van der Waals surface area contributed by atoms with Crippen molar-refractivity contribution in [2.45, 2.75) is 37.4 Å². The fourth-order valence-electron chi connectivity index (χ4n) is 3.39. The van der Waals surface area contributed by atoms with E-state index in [0.717, 1.165) is 23.6 Å². The molecule has 0 unspecified atom stereocenters. The van der Waals surface area contributed by atoms with Crippen molar-refractivity contribution in [1.82, 2.24) is 0 Å². The van der Waals surface area contributed by atoms with E-state index in [4.69, 9.17) is 9.47 Å². The topological polar surface area (TPSA) is 86.7 Å². The van der Waals surface area contributed by atoms with Crippen molar-refractivity contribution in [2.24, 2.45) is 0 Å². The molecular weight excluding hydrogens is 368 g/mol. The Morgan fingerprint density at radius 1 is 1.07 bits per heavy atom. The molecule has 3 rings (SSSR count). The van der Waals surface area contributed by atoms with Gasteiger partial charge in [0.2, 0.25) is 0 Å². The van der Waals surface area contributed by atoms with Gasteiger partial charge in [-0.15, -0.1) is 0 Å². The second-order valence-electron chi connectivity index (χ2n) is 6.68. The summed E-state index contributed by atoms with van der Waals surface area (Å²) < 4.78 is 34.7. The first-order valence-corrected chi connectivity index (χ1v) is 10.7. The number of carbonyl (C=O) groups is 2. The van der Waals surface area contributed by atoms with Gasteiger partial charge in [-0.1, -0.05) is 37.1 Å². The molecule has 0 atom stereocenters. The predicted molar refractivity (Wildman–Crippen MR) is 102 cm³/mol. The van der Waals surface area contributed by atoms with Crippen LogP contribution in [0.1, 0.15) is 42.5 Å². The Balaban J connectivity index is 1.76. The van der Waals surface area contributed by atoms with Crippen LogP contribution in [0.5, 0.6) is 5.75 Å². The molecule has 6 nitrogen and oxygen atoms in total. The van der Waals surface area contributed by atoms with Crippen LogP contribution in [0.25, 0.3) is 10.8 Å². The Morgan fingerprint density at radius 2 is 1.70 bits per heavy atom. The summed E-state index contributed by atoms with van der Waals surface area (Å²) in [4.78, 5) is 24.3. The van der Waals surface area contributed by atoms with Gasteiger partial charge in [0.1, 0.15) is 11.3 Å². The van der Waals surface area contributed by atoms with Crippen LogP contribution in [-0.2, 0) is 19.4 Å². The molecule has 0 bridgehead atoms. The van der Waals surface area contributed by atoms with Gasteiger partial charge in [0, 0.05) is 0 Å². The van der Waals surface area contributed by atoms with Crippen molar-refractivity contribution in [1.29, 1.82) is 0 Å². The van der Waals surface area contributed by atoms with Crippen LogP contribution in [0.2, 0.25) is 0 Å². The SMILES string of the molecule is COC(=O)c1cc2ccccc2cc1OC(=O)CCS(=O)(=O)C1CCCC1. The Labute approximate surface area is 158 Å². The third kappa shape index (κ3) is 4.47. The summed E-state index contributed by atoms with van der Waals surface area (Å²) in [5.74, 6) is -1.47. The van der Waals surface area contributed by atoms with Crippen LogP contribution >= 0.6 is 0 Å². The highest BCUT2D eigenvalue weighted by Crippen LogP contribution is 2.28. The molecule has 0 aromatic heterocycles. The molecule has 27 heavy (non-hydrogen) atoms. The van der Waals surface area contributed by atoms with E-state index in [1.165, 1.54) is 7.11 Å². The number of hydrogen-bond acceptors (Lipinski definition) is 6. The molecule has 2 aromatic rings. The highest BCUT2D eigenvalue weighted by atomic mass is 32.2. The standard InChI is InChI=1S/C20H22O6S/c1-25-20(22)17-12-14-6-2-3-7-15(14)13-18(17)26-19(21)10-11-27(23,24)16-8-4-5-9-16/h2-3,6-7,12-13,16H,4-5,8-11H2,1H3. The van der Waals surface area contributed by atoms with Crippen LogP contribution in [0, 0.1) is 0 Å². The number of sulfone groups is 1. The normalized spacial score (nSPS) is 15.0. The molecule has 0 spiro atoms. The number of hydrogen-bond donors (Lipinski definition) is 0. The number of ether oxygens (including phenoxy) is 2. The first-order valence-electron chi connectivity index (χ1n) is 8.94. The molecule has 1 aliphatic carbocycles. The van der Waals surface area contributed by atoms with Gasteiger partial charge in [-0.25, -0.2) is 13.2 Å². The lowest BCUT2D eigenvalue weighted by atomic mass is 10.1. The summed E-state index contributed by atoms with van der Waals surface area (Å²) in [6.07, 6.45) is 2.90. The molecule has 0 radical (unpaired) electrons. The number of rotatable bonds is 6. The van der Waals surface area contributed by atoms with Crippen LogP contribution in [0.3, 0.4) is 0 Å². The van der Waals surface area contributed by atoms with Gasteiger partial charge in [0.25, 0.3) is 0 Å². The highest BCUT2D eigenvalue weighted by molar-refractivity contribution is 7.92. The van der Waals surface area contributed by atoms with E-state index in [1.807, 2.05) is 24.3 Å². The second kappa shape index (κ2) is 8.08. The third-order valence-electron chi connectivity index (χ3n) is 4.88. The molecule has 0 heterocycles. The molecule has 144 valence electrons. The molecule has 0 saturated heterocycles. The van der Waals surface area contributed by atoms with Crippen LogP contribution in [0.15, 0.2) is 36.4 Å². The van der Waals surface area contributed by atoms with E-state index in [0.29, 0.717) is 12.8 Å². The van der Waals surface area contributed by atoms with Gasteiger partial charge >= 0.3 is 11.9 Å². The Hall–Kier alpha value is -2.41. The van der Waals surface area contributed by atoms with Crippen molar-refractivity contribution in [3.63, 3.8) is 0 Å². The number of fused-ring (bicyclic) bond motifs is 1. The summed E-state index contributed by atoms with van der Waals surface area (Å²) in [7, 11) is -2.06. The maximum absolute atomic E-state index is 12.3. The molecule has 1 fully saturated rings. The smallest absolute Gasteiger partial charge is 0.341 e. The highest BCUT2D eigenvalue weighted by Gasteiger charge is 2.29. The van der Waals surface area contributed by atoms with Gasteiger partial charge in [-0.05, 0) is 35.7 Å². The lowest BCUT2D eigenvalue weighted by Gasteiger charge is -2.12. The minimum Gasteiger partial charge on any atom is -0.465 e. The first kappa shape index (κ1) is 19.4. The monoisotopic (exact) mass is 390 g/mol. The molecule has 1 saturated carbocycles. The molecule has 0 N–H and O–H groups in total. The molecule has 2 aromatic carbocycles. The lowest BCUT2D eigenvalue weighted by molar-refractivity contribution is -0.133. The number of methoxy groups -OCH3 is 1. The average Bonchev–Trinajstić information content (AvgIpc) is 3.21. The maximum Gasteiger partial charge on any atom is 0.341 e. The van der Waals surface area contributed by atoms with E-state index in [9.17, 15) is 18.0 Å². The molecule has 0 amide bonds. The quantitative estimate of drug-likeness (QED) is 0.556. The van der Waals surface area contributed by atoms with Gasteiger partial charge < -0.3 is 9.47 Å². The zero-order valence-electron chi connectivity index (χ0n) is 15.1. The largest absolute Gasteiger partial charge is 0.465 e. The van der Waals surface area contributed by atoms with Crippen molar-refractivity contribution >= 4 is 32.5 Å². The Morgan fingerprint density at radius 3 is 2.33 bits per heavy atom. The van der Waals surface area contributed by atoms with E-state index < -0.39 is 21.8 Å². The van der Waals surface area contributed by atoms with Crippen LogP contribution in [-0.4, -0.2) is 38.5 Å². The number of carbonyl (C=O) groups excluding carboxylic acids is 2. The zero-order valence-corrected chi connectivity index (χ0v) is 16.0. The molecule has 1 aliphatic rings. The van der Waals surface area contributed by atoms with Gasteiger partial charge in [-0.3, -0.25) is 4.79 Å². The zero-order chi connectivity index (χ0) is 19.4. The minimum absolute atomic E-state index is 0.0730. The fraction of sp³-hybridized carbons (Fsp3) is 0.400. The van der Waals surface area contributed by atoms with Crippen molar-refractivity contribution in [2.75, 3.05) is 12.9 Å². The van der Waals surface area contributed by atoms with E-state index >= 15 is 0 Å². The average molecular weight is 390 g/mol. The van der Waals surface area contributed by atoms with E-state index in [2.05, 4.69) is 0 Å². The fourth-order valence-corrected chi connectivity index (χ4v) is 5.22. The minimum atomic E-state index is -3.31. The Kier molecular flexibility index (Phi) is 5.79. The second-order valence-corrected chi connectivity index (χ2v) is 9.09. The van der Waals surface area contributed by atoms with Gasteiger partial charge in [0.15, 0.2) is 9.84 Å². The van der Waals surface area contributed by atoms with Crippen molar-refractivity contribution in [3.05, 3.63) is 42.0 Å². The van der Waals surface area contributed by atoms with E-state index in [-0.39, 0.29) is 28.7 Å². The molecule has 0 aliphatic heterocycles. The Bertz CT molecular complexity index is 958. The van der Waals surface area contributed by atoms with Gasteiger partial charge in [-0.2, -0.15) is 0 Å². The lowest BCUT2D eigenvalue weighted by Crippen LogP contribution is -2.24. The molecular formula is C20H22O6S. The number of benzene rings is 2. The third-order valence-corrected chi connectivity index (χ3v) is 7.14. The molecule has 7 heteroatoms. The summed E-state index contributed by atoms with van der Waals surface area (Å²) in [5, 5.41) is 1.25. The number of esters is 2. The van der Waals surface area contributed by atoms with Crippen LogP contribution < -0.4 is 4.74 Å². The van der Waals surface area contributed by atoms with Gasteiger partial charge in [0.05, 0.1) is 24.5 Å². The first-order chi connectivity index (χ1) is 12.9. The summed E-state index contributed by atoms with van der Waals surface area (Å²) in [6.45, 7) is 0. The summed E-state index contributed by atoms with van der Waals surface area (Å²) in [6, 6.07) is 10.5. The van der Waals surface area contributed by atoms with Crippen LogP contribution in [0.4, 0.5) is 0 Å². The maximum atomic E-state index is 12.3. The summed E-state index contributed by atoms with van der Waals surface area (Å²) >= 11 is 0. The predicted octanol–water partition coefficient (Wildman–Crippen LogP) is 3.28. The van der Waals surface area contributed by atoms with Crippen molar-refractivity contribution < 1.29 is 27.5 Å². The van der Waals surface area contributed by atoms with Crippen molar-refractivity contribution in [3.8, 4) is 5.75 Å². The van der Waals surface area contributed by atoms with E-state index in [1.54, 1.807) is 12.1 Å².